The maximum atomic E-state index is 12.9. The van der Waals surface area contributed by atoms with Gasteiger partial charge in [0.2, 0.25) is 11.7 Å². The predicted octanol–water partition coefficient (Wildman–Crippen LogP) is 3.14. The lowest BCUT2D eigenvalue weighted by atomic mass is 9.99. The monoisotopic (exact) mass is 518 g/mol. The molecule has 10 heteroatoms. The summed E-state index contributed by atoms with van der Waals surface area (Å²) in [4.78, 5) is 24.1. The minimum absolute atomic E-state index is 0.122. The second-order valence-corrected chi connectivity index (χ2v) is 10.9. The number of carbonyl (C=O) groups is 1. The van der Waals surface area contributed by atoms with Gasteiger partial charge in [-0.15, -0.1) is 0 Å². The van der Waals surface area contributed by atoms with Gasteiger partial charge >= 0.3 is 0 Å². The molecule has 2 atom stereocenters. The summed E-state index contributed by atoms with van der Waals surface area (Å²) in [6.45, 7) is 2.70. The van der Waals surface area contributed by atoms with E-state index in [0.717, 1.165) is 37.9 Å². The van der Waals surface area contributed by atoms with E-state index >= 15 is 0 Å². The van der Waals surface area contributed by atoms with Crippen molar-refractivity contribution in [2.45, 2.75) is 43.1 Å². The number of carbonyl (C=O) groups excluding carboxylic acids is 1. The van der Waals surface area contributed by atoms with E-state index < -0.39 is 6.10 Å². The molecule has 9 nitrogen and oxygen atoms in total. The summed E-state index contributed by atoms with van der Waals surface area (Å²) in [7, 11) is 0. The quantitative estimate of drug-likeness (QED) is 0.348. The zero-order valence-electron chi connectivity index (χ0n) is 20.7. The van der Waals surface area contributed by atoms with E-state index in [-0.39, 0.29) is 11.2 Å². The molecule has 0 saturated heterocycles. The first-order valence-electron chi connectivity index (χ1n) is 12.7. The number of thioether (sulfide) groups is 1. The molecule has 0 radical (unpaired) electrons. The Bertz CT molecular complexity index is 1410. The molecule has 6 rings (SSSR count). The van der Waals surface area contributed by atoms with Crippen molar-refractivity contribution in [2.75, 3.05) is 25.9 Å². The molecule has 37 heavy (non-hydrogen) atoms. The molecule has 4 heterocycles. The van der Waals surface area contributed by atoms with E-state index in [1.165, 1.54) is 11.1 Å². The summed E-state index contributed by atoms with van der Waals surface area (Å²) in [6, 6.07) is 12.2. The van der Waals surface area contributed by atoms with Crippen LogP contribution in [0.4, 0.5) is 0 Å². The third kappa shape index (κ3) is 5.27. The number of β-amino-alcohol motifs (C(OH)–C–C–N with tert-alkyl or cyclic N) is 1. The molecule has 0 bridgehead atoms. The number of nitrogens with one attached hydrogen (secondary N) is 1. The van der Waals surface area contributed by atoms with Crippen molar-refractivity contribution in [3.63, 3.8) is 0 Å². The van der Waals surface area contributed by atoms with E-state index in [9.17, 15) is 9.90 Å². The third-order valence-electron chi connectivity index (χ3n) is 7.16. The summed E-state index contributed by atoms with van der Waals surface area (Å²) < 4.78 is 7.17. The molecule has 2 aliphatic rings. The highest BCUT2D eigenvalue weighted by Crippen LogP contribution is 2.39. The van der Waals surface area contributed by atoms with E-state index in [4.69, 9.17) is 4.52 Å². The first-order valence-corrected chi connectivity index (χ1v) is 14.0. The molecule has 1 saturated carbocycles. The number of hydrogen-bond acceptors (Lipinski definition) is 8. The summed E-state index contributed by atoms with van der Waals surface area (Å²) in [6.07, 6.45) is 8.15. The van der Waals surface area contributed by atoms with Crippen molar-refractivity contribution in [3.05, 3.63) is 71.5 Å². The number of imidazole rings is 1. The molecule has 1 amide bonds. The average molecular weight is 519 g/mol. The van der Waals surface area contributed by atoms with E-state index in [1.807, 2.05) is 24.6 Å². The molecule has 2 unspecified atom stereocenters. The van der Waals surface area contributed by atoms with Crippen LogP contribution in [-0.4, -0.2) is 72.7 Å². The summed E-state index contributed by atoms with van der Waals surface area (Å²) in [5, 5.41) is 17.9. The summed E-state index contributed by atoms with van der Waals surface area (Å²) >= 11 is 1.56. The van der Waals surface area contributed by atoms with Gasteiger partial charge in [-0.1, -0.05) is 29.4 Å². The fourth-order valence-electron chi connectivity index (χ4n) is 4.83. The molecule has 0 spiro atoms. The van der Waals surface area contributed by atoms with Gasteiger partial charge in [0.25, 0.3) is 5.91 Å². The van der Waals surface area contributed by atoms with Crippen molar-refractivity contribution < 1.29 is 14.4 Å². The Balaban J connectivity index is 1.06. The minimum Gasteiger partial charge on any atom is -0.391 e. The largest absolute Gasteiger partial charge is 0.391 e. The van der Waals surface area contributed by atoms with Crippen molar-refractivity contribution in [1.29, 1.82) is 0 Å². The zero-order valence-corrected chi connectivity index (χ0v) is 21.5. The lowest BCUT2D eigenvalue weighted by Gasteiger charge is -2.32. The fourth-order valence-corrected chi connectivity index (χ4v) is 5.48. The standard InChI is InChI=1S/C27H30N6O3S/c1-37-23(22(34)16-32-11-10-17-4-2-3-5-19(17)13-32)12-28-26(35)21-15-33-14-20(8-9-24(33)29-21)25-30-27(36-31-25)18-6-7-18/h2-5,8-9,14-15,18,22-23,34H,6-7,10-13,16H2,1H3,(H,28,35). The van der Waals surface area contributed by atoms with Crippen LogP contribution in [0.15, 0.2) is 53.3 Å². The number of benzene rings is 1. The van der Waals surface area contributed by atoms with E-state index in [1.54, 1.807) is 22.4 Å². The van der Waals surface area contributed by atoms with Crippen LogP contribution >= 0.6 is 11.8 Å². The molecule has 1 aliphatic heterocycles. The van der Waals surface area contributed by atoms with Gasteiger partial charge in [0.1, 0.15) is 11.3 Å². The van der Waals surface area contributed by atoms with Crippen LogP contribution in [0.25, 0.3) is 17.0 Å². The fraction of sp³-hybridized carbons (Fsp3) is 0.407. The number of aliphatic hydroxyl groups excluding tert-OH is 1. The van der Waals surface area contributed by atoms with Crippen molar-refractivity contribution in [2.24, 2.45) is 0 Å². The molecule has 3 aromatic heterocycles. The van der Waals surface area contributed by atoms with Gasteiger partial charge in [0, 0.05) is 55.3 Å². The van der Waals surface area contributed by atoms with Gasteiger partial charge in [0.05, 0.1) is 6.10 Å². The normalized spacial score (nSPS) is 17.5. The van der Waals surface area contributed by atoms with Crippen LogP contribution in [-0.2, 0) is 13.0 Å². The highest BCUT2D eigenvalue weighted by Gasteiger charge is 2.30. The number of amides is 1. The molecular formula is C27H30N6O3S. The Morgan fingerprint density at radius 2 is 2.03 bits per heavy atom. The zero-order chi connectivity index (χ0) is 25.4. The number of pyridine rings is 1. The number of hydrogen-bond donors (Lipinski definition) is 2. The Labute approximate surface area is 219 Å². The second kappa shape index (κ2) is 10.3. The lowest BCUT2D eigenvalue weighted by Crippen LogP contribution is -2.44. The number of fused-ring (bicyclic) bond motifs is 2. The first-order chi connectivity index (χ1) is 18.1. The van der Waals surface area contributed by atoms with Crippen LogP contribution < -0.4 is 5.32 Å². The molecule has 1 fully saturated rings. The maximum absolute atomic E-state index is 12.9. The molecule has 2 N–H and O–H groups in total. The van der Waals surface area contributed by atoms with Gasteiger partial charge in [-0.05, 0) is 48.8 Å². The Hall–Kier alpha value is -3.21. The van der Waals surface area contributed by atoms with Gasteiger partial charge in [-0.25, -0.2) is 4.98 Å². The highest BCUT2D eigenvalue weighted by atomic mass is 32.2. The Kier molecular flexibility index (Phi) is 6.71. The highest BCUT2D eigenvalue weighted by molar-refractivity contribution is 7.99. The van der Waals surface area contributed by atoms with E-state index in [2.05, 4.69) is 49.6 Å². The SMILES string of the molecule is CSC(CNC(=O)c1cn2cc(-c3noc(C4CC4)n3)ccc2n1)C(O)CN1CCc2ccccc2C1. The van der Waals surface area contributed by atoms with Crippen molar-refractivity contribution in [1.82, 2.24) is 29.7 Å². The first kappa shape index (κ1) is 24.1. The number of aromatic nitrogens is 4. The van der Waals surface area contributed by atoms with Crippen LogP contribution in [0.5, 0.6) is 0 Å². The van der Waals surface area contributed by atoms with Crippen LogP contribution in [0.3, 0.4) is 0 Å². The maximum Gasteiger partial charge on any atom is 0.271 e. The van der Waals surface area contributed by atoms with Gasteiger partial charge in [0.15, 0.2) is 0 Å². The van der Waals surface area contributed by atoms with Gasteiger partial charge < -0.3 is 19.3 Å². The van der Waals surface area contributed by atoms with Crippen LogP contribution in [0.2, 0.25) is 0 Å². The summed E-state index contributed by atoms with van der Waals surface area (Å²) in [5.74, 6) is 1.36. The smallest absolute Gasteiger partial charge is 0.271 e. The molecular weight excluding hydrogens is 488 g/mol. The van der Waals surface area contributed by atoms with Gasteiger partial charge in [-0.3, -0.25) is 9.69 Å². The Morgan fingerprint density at radius 3 is 2.84 bits per heavy atom. The number of aliphatic hydroxyl groups is 1. The van der Waals surface area contributed by atoms with Crippen molar-refractivity contribution >= 4 is 23.3 Å². The Morgan fingerprint density at radius 1 is 1.19 bits per heavy atom. The predicted molar refractivity (Wildman–Crippen MR) is 142 cm³/mol. The third-order valence-corrected chi connectivity index (χ3v) is 8.25. The second-order valence-electron chi connectivity index (χ2n) is 9.85. The van der Waals surface area contributed by atoms with Crippen LogP contribution in [0, 0.1) is 0 Å². The number of nitrogens with zero attached hydrogens (tertiary/aromatic N) is 5. The lowest BCUT2D eigenvalue weighted by molar-refractivity contribution is 0.0906. The number of rotatable bonds is 9. The molecule has 192 valence electrons. The topological polar surface area (TPSA) is 109 Å². The average Bonchev–Trinajstić information content (AvgIpc) is 3.48. The minimum atomic E-state index is -0.556. The summed E-state index contributed by atoms with van der Waals surface area (Å²) in [5.41, 5.74) is 4.51. The van der Waals surface area contributed by atoms with E-state index in [0.29, 0.717) is 42.1 Å². The van der Waals surface area contributed by atoms with Crippen molar-refractivity contribution in [3.8, 4) is 11.4 Å². The van der Waals surface area contributed by atoms with Crippen LogP contribution in [0.1, 0.15) is 46.3 Å². The molecule has 1 aromatic carbocycles. The van der Waals surface area contributed by atoms with Gasteiger partial charge in [-0.2, -0.15) is 16.7 Å². The molecule has 1 aliphatic carbocycles. The molecule has 4 aromatic rings.